The molecule has 0 saturated carbocycles. The summed E-state index contributed by atoms with van der Waals surface area (Å²) in [6, 6.07) is 4.97. The van der Waals surface area contributed by atoms with Crippen LogP contribution >= 0.6 is 0 Å². The van der Waals surface area contributed by atoms with E-state index in [1.807, 2.05) is 19.0 Å². The number of rotatable bonds is 5. The van der Waals surface area contributed by atoms with Gasteiger partial charge in [-0.25, -0.2) is 4.39 Å². The van der Waals surface area contributed by atoms with Crippen LogP contribution in [0.3, 0.4) is 0 Å². The smallest absolute Gasteiger partial charge is 0.295 e. The van der Waals surface area contributed by atoms with E-state index in [0.29, 0.717) is 23.5 Å². The van der Waals surface area contributed by atoms with Crippen LogP contribution < -0.4 is 0 Å². The van der Waals surface area contributed by atoms with Crippen molar-refractivity contribution < 1.29 is 19.1 Å². The molecule has 2 aromatic rings. The maximum atomic E-state index is 14.6. The zero-order valence-corrected chi connectivity index (χ0v) is 16.3. The molecule has 1 aliphatic rings. The van der Waals surface area contributed by atoms with Gasteiger partial charge in [-0.15, -0.1) is 0 Å². The summed E-state index contributed by atoms with van der Waals surface area (Å²) in [7, 11) is 3.68. The number of likely N-dealkylation sites (N-methyl/N-ethyl adjacent to an activating group) is 1. The molecule has 0 aliphatic carbocycles. The highest BCUT2D eigenvalue weighted by Gasteiger charge is 2.47. The van der Waals surface area contributed by atoms with Crippen molar-refractivity contribution in [2.75, 3.05) is 27.2 Å². The second-order valence-corrected chi connectivity index (χ2v) is 7.13. The third kappa shape index (κ3) is 3.31. The second kappa shape index (κ2) is 7.55. The molecule has 1 amide bonds. The molecule has 1 aromatic heterocycles. The van der Waals surface area contributed by atoms with E-state index >= 15 is 0 Å². The van der Waals surface area contributed by atoms with Crippen molar-refractivity contribution in [3.8, 4) is 0 Å². The molecule has 0 radical (unpaired) electrons. The van der Waals surface area contributed by atoms with Gasteiger partial charge >= 0.3 is 0 Å². The van der Waals surface area contributed by atoms with Crippen molar-refractivity contribution in [3.05, 3.63) is 58.2 Å². The number of carbonyl (C=O) groups is 2. The van der Waals surface area contributed by atoms with Gasteiger partial charge in [0, 0.05) is 24.3 Å². The number of benzene rings is 1. The molecule has 1 saturated heterocycles. The van der Waals surface area contributed by atoms with Crippen molar-refractivity contribution in [3.63, 3.8) is 0 Å². The standard InChI is InChI=1S/C20H23FN4O3/c1-11-15(12(2)23-22-11)18(26)16-17(13-7-5-6-8-14(13)21)25(10-9-24(3)4)20(28)19(16)27/h5-8,17,26H,9-10H2,1-4H3,(H,22,23). The zero-order valence-electron chi connectivity index (χ0n) is 16.3. The maximum absolute atomic E-state index is 14.6. The fourth-order valence-electron chi connectivity index (χ4n) is 3.47. The summed E-state index contributed by atoms with van der Waals surface area (Å²) in [5.74, 6) is -2.47. The molecule has 148 valence electrons. The molecule has 8 heteroatoms. The normalized spacial score (nSPS) is 19.1. The van der Waals surface area contributed by atoms with Crippen LogP contribution in [0.4, 0.5) is 4.39 Å². The fraction of sp³-hybridized carbons (Fsp3) is 0.350. The van der Waals surface area contributed by atoms with Gasteiger partial charge in [0.15, 0.2) is 0 Å². The third-order valence-electron chi connectivity index (χ3n) is 4.89. The van der Waals surface area contributed by atoms with Crippen LogP contribution in [-0.2, 0) is 9.59 Å². The van der Waals surface area contributed by atoms with Crippen molar-refractivity contribution in [2.45, 2.75) is 19.9 Å². The average molecular weight is 386 g/mol. The highest BCUT2D eigenvalue weighted by Crippen LogP contribution is 2.40. The first-order valence-corrected chi connectivity index (χ1v) is 8.93. The van der Waals surface area contributed by atoms with E-state index < -0.39 is 23.5 Å². The highest BCUT2D eigenvalue weighted by atomic mass is 19.1. The number of ketones is 1. The topological polar surface area (TPSA) is 89.5 Å². The van der Waals surface area contributed by atoms with Crippen LogP contribution in [0.2, 0.25) is 0 Å². The molecule has 7 nitrogen and oxygen atoms in total. The molecule has 1 aromatic carbocycles. The number of hydrogen-bond acceptors (Lipinski definition) is 5. The van der Waals surface area contributed by atoms with Gasteiger partial charge in [0.1, 0.15) is 11.6 Å². The molecule has 2 N–H and O–H groups in total. The van der Waals surface area contributed by atoms with Gasteiger partial charge in [0.25, 0.3) is 11.7 Å². The Kier molecular flexibility index (Phi) is 5.33. The summed E-state index contributed by atoms with van der Waals surface area (Å²) in [5.41, 5.74) is 1.44. The van der Waals surface area contributed by atoms with Gasteiger partial charge < -0.3 is 14.9 Å². The number of carbonyl (C=O) groups excluding carboxylic acids is 2. The monoisotopic (exact) mass is 386 g/mol. The molecule has 0 spiro atoms. The quantitative estimate of drug-likeness (QED) is 0.467. The number of nitrogens with one attached hydrogen (secondary N) is 1. The lowest BCUT2D eigenvalue weighted by Crippen LogP contribution is -2.35. The first-order valence-electron chi connectivity index (χ1n) is 8.93. The lowest BCUT2D eigenvalue weighted by atomic mass is 9.94. The maximum Gasteiger partial charge on any atom is 0.295 e. The summed E-state index contributed by atoms with van der Waals surface area (Å²) in [4.78, 5) is 28.8. The van der Waals surface area contributed by atoms with Gasteiger partial charge in [-0.05, 0) is 34.0 Å². The molecule has 3 rings (SSSR count). The summed E-state index contributed by atoms with van der Waals surface area (Å²) < 4.78 is 14.6. The number of halogens is 1. The Balaban J connectivity index is 2.22. The lowest BCUT2D eigenvalue weighted by molar-refractivity contribution is -0.140. The number of Topliss-reactive ketones (excluding diaryl/α,β-unsaturated/α-hetero) is 1. The number of aryl methyl sites for hydroxylation is 2. The fourth-order valence-corrected chi connectivity index (χ4v) is 3.47. The van der Waals surface area contributed by atoms with E-state index in [-0.39, 0.29) is 23.4 Å². The van der Waals surface area contributed by atoms with Crippen LogP contribution in [0.25, 0.3) is 5.76 Å². The molecule has 2 heterocycles. The number of amides is 1. The van der Waals surface area contributed by atoms with Crippen LogP contribution in [0.5, 0.6) is 0 Å². The molecule has 1 unspecified atom stereocenters. The molecular weight excluding hydrogens is 363 g/mol. The van der Waals surface area contributed by atoms with Crippen LogP contribution in [-0.4, -0.2) is 64.0 Å². The van der Waals surface area contributed by atoms with Crippen molar-refractivity contribution in [1.29, 1.82) is 0 Å². The van der Waals surface area contributed by atoms with Gasteiger partial charge in [-0.3, -0.25) is 14.7 Å². The van der Waals surface area contributed by atoms with E-state index in [2.05, 4.69) is 10.2 Å². The molecule has 1 aliphatic heterocycles. The minimum absolute atomic E-state index is 0.124. The average Bonchev–Trinajstić information content (AvgIpc) is 3.10. The number of aromatic amines is 1. The Bertz CT molecular complexity index is 945. The number of hydrogen-bond donors (Lipinski definition) is 2. The molecule has 0 bridgehead atoms. The van der Waals surface area contributed by atoms with Crippen molar-refractivity contribution in [2.24, 2.45) is 0 Å². The van der Waals surface area contributed by atoms with E-state index in [1.54, 1.807) is 19.9 Å². The van der Waals surface area contributed by atoms with Crippen LogP contribution in [0.15, 0.2) is 29.8 Å². The summed E-state index contributed by atoms with van der Waals surface area (Å²) in [6.07, 6.45) is 0. The van der Waals surface area contributed by atoms with E-state index in [9.17, 15) is 19.1 Å². The van der Waals surface area contributed by atoms with Crippen molar-refractivity contribution in [1.82, 2.24) is 20.0 Å². The van der Waals surface area contributed by atoms with Crippen LogP contribution in [0, 0.1) is 19.7 Å². The predicted molar refractivity (Wildman–Crippen MR) is 102 cm³/mol. The Hall–Kier alpha value is -3.00. The summed E-state index contributed by atoms with van der Waals surface area (Å²) in [6.45, 7) is 4.09. The van der Waals surface area contributed by atoms with Gasteiger partial charge in [0.05, 0.1) is 22.9 Å². The second-order valence-electron chi connectivity index (χ2n) is 7.13. The predicted octanol–water partition coefficient (Wildman–Crippen LogP) is 2.15. The number of aromatic nitrogens is 2. The lowest BCUT2D eigenvalue weighted by Gasteiger charge is -2.26. The Labute approximate surface area is 162 Å². The third-order valence-corrected chi connectivity index (χ3v) is 4.89. The van der Waals surface area contributed by atoms with Gasteiger partial charge in [-0.2, -0.15) is 5.10 Å². The molecule has 1 fully saturated rings. The Morgan fingerprint density at radius 1 is 1.29 bits per heavy atom. The number of aliphatic hydroxyl groups excluding tert-OH is 1. The number of nitrogens with zero attached hydrogens (tertiary/aromatic N) is 3. The summed E-state index contributed by atoms with van der Waals surface area (Å²) in [5, 5.41) is 17.8. The number of H-pyrrole nitrogens is 1. The van der Waals surface area contributed by atoms with Crippen LogP contribution in [0.1, 0.15) is 28.6 Å². The summed E-state index contributed by atoms with van der Waals surface area (Å²) >= 11 is 0. The Morgan fingerprint density at radius 2 is 1.96 bits per heavy atom. The SMILES string of the molecule is Cc1n[nH]c(C)c1C(O)=C1C(=O)C(=O)N(CCN(C)C)C1c1ccccc1F. The van der Waals surface area contributed by atoms with E-state index in [4.69, 9.17) is 0 Å². The number of aliphatic hydroxyl groups is 1. The van der Waals surface area contributed by atoms with Gasteiger partial charge in [0.2, 0.25) is 0 Å². The molecule has 28 heavy (non-hydrogen) atoms. The van der Waals surface area contributed by atoms with Crippen molar-refractivity contribution >= 4 is 17.4 Å². The first kappa shape index (κ1) is 19.8. The van der Waals surface area contributed by atoms with E-state index in [1.165, 1.54) is 23.1 Å². The molecular formula is C20H23FN4O3. The number of likely N-dealkylation sites (tertiary alicyclic amines) is 1. The Morgan fingerprint density at radius 3 is 2.54 bits per heavy atom. The highest BCUT2D eigenvalue weighted by molar-refractivity contribution is 6.46. The largest absolute Gasteiger partial charge is 0.507 e. The van der Waals surface area contributed by atoms with Gasteiger partial charge in [-0.1, -0.05) is 18.2 Å². The minimum Gasteiger partial charge on any atom is -0.507 e. The minimum atomic E-state index is -1.00. The van der Waals surface area contributed by atoms with E-state index in [0.717, 1.165) is 0 Å². The molecule has 1 atom stereocenters. The zero-order chi connectivity index (χ0) is 20.6. The first-order chi connectivity index (χ1) is 13.2.